The number of carboxylic acid groups (broad SMARTS) is 1. The van der Waals surface area contributed by atoms with Crippen molar-refractivity contribution in [3.05, 3.63) is 77.9 Å². The molecule has 9 nitrogen and oxygen atoms in total. The lowest BCUT2D eigenvalue weighted by atomic mass is 10.2. The number of ether oxygens (including phenoxy) is 1. The molecule has 0 atom stereocenters. The van der Waals surface area contributed by atoms with E-state index in [1.807, 2.05) is 6.92 Å². The van der Waals surface area contributed by atoms with Crippen molar-refractivity contribution in [2.45, 2.75) is 18.4 Å². The van der Waals surface area contributed by atoms with Crippen LogP contribution in [0.2, 0.25) is 0 Å². The molecule has 0 saturated carbocycles. The number of nitrogens with two attached hydrogens (primary N) is 1. The SMILES string of the molecule is CCOCCNS(=O)(=O)c1cccc(CN)c1.O=C(O)c1cnc(-c2cccc(F)c2)nc1. The molecule has 0 aliphatic heterocycles. The molecule has 1 aromatic heterocycles. The Kier molecular flexibility index (Phi) is 10.0. The summed E-state index contributed by atoms with van der Waals surface area (Å²) in [4.78, 5) is 18.5. The quantitative estimate of drug-likeness (QED) is 0.399. The fraction of sp³-hybridized carbons (Fsp3) is 0.227. The van der Waals surface area contributed by atoms with Gasteiger partial charge in [0.05, 0.1) is 17.1 Å². The standard InChI is InChI=1S/C11H7FN2O2.C11H18N2O3S/c12-9-3-1-2-7(4-9)10-13-5-8(6-14-10)11(15)16;1-2-16-7-6-13-17(14,15)11-5-3-4-10(8-11)9-12/h1-6H,(H,15,16);3-5,8,13H,2,6-7,9,12H2,1H3. The van der Waals surface area contributed by atoms with Crippen molar-refractivity contribution in [3.63, 3.8) is 0 Å². The van der Waals surface area contributed by atoms with Crippen LogP contribution in [0.5, 0.6) is 0 Å². The van der Waals surface area contributed by atoms with Crippen LogP contribution in [0.15, 0.2) is 65.8 Å². The van der Waals surface area contributed by atoms with Gasteiger partial charge in [-0.2, -0.15) is 0 Å². The van der Waals surface area contributed by atoms with E-state index in [1.54, 1.807) is 36.4 Å². The molecule has 2 aromatic carbocycles. The van der Waals surface area contributed by atoms with E-state index in [-0.39, 0.29) is 22.8 Å². The lowest BCUT2D eigenvalue weighted by molar-refractivity contribution is 0.0696. The summed E-state index contributed by atoms with van der Waals surface area (Å²) in [6.07, 6.45) is 2.38. The number of rotatable bonds is 9. The van der Waals surface area contributed by atoms with Gasteiger partial charge in [-0.3, -0.25) is 0 Å². The first-order valence-corrected chi connectivity index (χ1v) is 11.4. The number of aromatic nitrogens is 2. The van der Waals surface area contributed by atoms with Crippen LogP contribution in [-0.4, -0.2) is 49.2 Å². The Morgan fingerprint density at radius 1 is 1.15 bits per heavy atom. The number of nitrogens with one attached hydrogen (secondary N) is 1. The third-order valence-electron chi connectivity index (χ3n) is 4.17. The lowest BCUT2D eigenvalue weighted by Gasteiger charge is -2.07. The van der Waals surface area contributed by atoms with E-state index in [1.165, 1.54) is 24.5 Å². The van der Waals surface area contributed by atoms with Crippen LogP contribution in [-0.2, 0) is 21.3 Å². The van der Waals surface area contributed by atoms with Gasteiger partial charge in [-0.25, -0.2) is 32.3 Å². The topological polar surface area (TPSA) is 144 Å². The van der Waals surface area contributed by atoms with Crippen LogP contribution in [0, 0.1) is 5.82 Å². The summed E-state index contributed by atoms with van der Waals surface area (Å²) in [5.74, 6) is -1.18. The first kappa shape index (κ1) is 26.0. The molecule has 0 amide bonds. The third-order valence-corrected chi connectivity index (χ3v) is 5.63. The molecule has 3 rings (SSSR count). The summed E-state index contributed by atoms with van der Waals surface area (Å²) in [5, 5.41) is 8.65. The van der Waals surface area contributed by atoms with Gasteiger partial charge in [0.25, 0.3) is 0 Å². The molecule has 3 aromatic rings. The number of carbonyl (C=O) groups is 1. The summed E-state index contributed by atoms with van der Waals surface area (Å²) < 4.78 is 44.2. The van der Waals surface area contributed by atoms with Gasteiger partial charge in [0, 0.05) is 37.7 Å². The molecule has 176 valence electrons. The second-order valence-corrected chi connectivity index (χ2v) is 8.32. The highest BCUT2D eigenvalue weighted by Crippen LogP contribution is 2.15. The maximum Gasteiger partial charge on any atom is 0.338 e. The molecular formula is C22H25FN4O5S. The second kappa shape index (κ2) is 12.7. The average molecular weight is 477 g/mol. The Bertz CT molecular complexity index is 1160. The number of halogens is 1. The smallest absolute Gasteiger partial charge is 0.338 e. The lowest BCUT2D eigenvalue weighted by Crippen LogP contribution is -2.27. The minimum atomic E-state index is -3.46. The van der Waals surface area contributed by atoms with Gasteiger partial charge in [0.15, 0.2) is 5.82 Å². The molecule has 0 fully saturated rings. The molecule has 0 spiro atoms. The zero-order chi connectivity index (χ0) is 24.3. The van der Waals surface area contributed by atoms with Crippen LogP contribution in [0.4, 0.5) is 4.39 Å². The highest BCUT2D eigenvalue weighted by molar-refractivity contribution is 7.89. The Balaban J connectivity index is 0.000000234. The van der Waals surface area contributed by atoms with Crippen molar-refractivity contribution in [1.82, 2.24) is 14.7 Å². The van der Waals surface area contributed by atoms with Crippen molar-refractivity contribution in [2.24, 2.45) is 5.73 Å². The minimum absolute atomic E-state index is 0.000142. The van der Waals surface area contributed by atoms with Crippen molar-refractivity contribution in [1.29, 1.82) is 0 Å². The van der Waals surface area contributed by atoms with E-state index in [0.717, 1.165) is 5.56 Å². The van der Waals surface area contributed by atoms with Gasteiger partial charge >= 0.3 is 5.97 Å². The predicted octanol–water partition coefficient (Wildman–Crippen LogP) is 2.44. The average Bonchev–Trinajstić information content (AvgIpc) is 2.82. The normalized spacial score (nSPS) is 10.9. The van der Waals surface area contributed by atoms with Gasteiger partial charge in [0.1, 0.15) is 5.82 Å². The predicted molar refractivity (Wildman–Crippen MR) is 120 cm³/mol. The number of aromatic carboxylic acids is 1. The Morgan fingerprint density at radius 2 is 1.85 bits per heavy atom. The van der Waals surface area contributed by atoms with E-state index in [0.29, 0.717) is 31.1 Å². The summed E-state index contributed by atoms with van der Waals surface area (Å²) in [6.45, 7) is 3.39. The van der Waals surface area contributed by atoms with Crippen LogP contribution in [0.1, 0.15) is 22.8 Å². The Hall–Kier alpha value is -3.25. The molecule has 0 saturated heterocycles. The fourth-order valence-electron chi connectivity index (χ4n) is 2.53. The summed E-state index contributed by atoms with van der Waals surface area (Å²) in [7, 11) is -3.46. The Morgan fingerprint density at radius 3 is 2.45 bits per heavy atom. The van der Waals surface area contributed by atoms with Gasteiger partial charge in [-0.1, -0.05) is 24.3 Å². The molecule has 0 radical (unpaired) electrons. The first-order valence-electron chi connectivity index (χ1n) is 9.94. The minimum Gasteiger partial charge on any atom is -0.478 e. The van der Waals surface area contributed by atoms with E-state index in [4.69, 9.17) is 15.6 Å². The largest absolute Gasteiger partial charge is 0.478 e. The van der Waals surface area contributed by atoms with Gasteiger partial charge in [0.2, 0.25) is 10.0 Å². The molecule has 33 heavy (non-hydrogen) atoms. The third kappa shape index (κ3) is 8.31. The van der Waals surface area contributed by atoms with E-state index in [9.17, 15) is 17.6 Å². The summed E-state index contributed by atoms with van der Waals surface area (Å²) >= 11 is 0. The van der Waals surface area contributed by atoms with Gasteiger partial charge in [-0.15, -0.1) is 0 Å². The maximum absolute atomic E-state index is 12.9. The highest BCUT2D eigenvalue weighted by Gasteiger charge is 2.13. The number of carboxylic acids is 1. The maximum atomic E-state index is 12.9. The number of hydrogen-bond acceptors (Lipinski definition) is 7. The van der Waals surface area contributed by atoms with Crippen LogP contribution in [0.3, 0.4) is 0 Å². The molecule has 1 heterocycles. The first-order chi connectivity index (χ1) is 15.8. The van der Waals surface area contributed by atoms with Crippen molar-refractivity contribution < 1.29 is 27.4 Å². The zero-order valence-corrected chi connectivity index (χ0v) is 18.8. The number of sulfonamides is 1. The molecule has 0 aliphatic carbocycles. The summed E-state index contributed by atoms with van der Waals surface area (Å²) in [6, 6.07) is 12.4. The zero-order valence-electron chi connectivity index (χ0n) is 17.9. The molecule has 0 bridgehead atoms. The molecular weight excluding hydrogens is 451 g/mol. The van der Waals surface area contributed by atoms with Gasteiger partial charge in [-0.05, 0) is 36.8 Å². The van der Waals surface area contributed by atoms with Crippen molar-refractivity contribution in [2.75, 3.05) is 19.8 Å². The molecule has 11 heteroatoms. The monoisotopic (exact) mass is 476 g/mol. The highest BCUT2D eigenvalue weighted by atomic mass is 32.2. The van der Waals surface area contributed by atoms with Crippen molar-refractivity contribution in [3.8, 4) is 11.4 Å². The summed E-state index contributed by atoms with van der Waals surface area (Å²) in [5.41, 5.74) is 6.77. The van der Waals surface area contributed by atoms with Crippen LogP contribution in [0.25, 0.3) is 11.4 Å². The van der Waals surface area contributed by atoms with Gasteiger partial charge < -0.3 is 15.6 Å². The second-order valence-electron chi connectivity index (χ2n) is 6.56. The molecule has 4 N–H and O–H groups in total. The van der Waals surface area contributed by atoms with E-state index < -0.39 is 16.0 Å². The number of nitrogens with zero attached hydrogens (tertiary/aromatic N) is 2. The Labute approximate surface area is 191 Å². The number of benzene rings is 2. The fourth-order valence-corrected chi connectivity index (χ4v) is 3.61. The molecule has 0 unspecified atom stereocenters. The van der Waals surface area contributed by atoms with E-state index in [2.05, 4.69) is 14.7 Å². The van der Waals surface area contributed by atoms with Crippen LogP contribution < -0.4 is 10.5 Å². The van der Waals surface area contributed by atoms with E-state index >= 15 is 0 Å². The number of hydrogen-bond donors (Lipinski definition) is 3. The molecule has 0 aliphatic rings. The van der Waals surface area contributed by atoms with Crippen LogP contribution >= 0.6 is 0 Å². The van der Waals surface area contributed by atoms with Crippen molar-refractivity contribution >= 4 is 16.0 Å².